The first kappa shape index (κ1) is 10.7. The van der Waals surface area contributed by atoms with Gasteiger partial charge in [0.05, 0.1) is 11.5 Å². The molecule has 0 spiro atoms. The molecule has 1 heterocycles. The number of nitrogen functional groups attached to an aromatic ring is 1. The molecule has 4 nitrogen and oxygen atoms in total. The van der Waals surface area contributed by atoms with Crippen molar-refractivity contribution in [2.45, 2.75) is 18.3 Å². The molecule has 0 aliphatic heterocycles. The molecule has 1 saturated carbocycles. The number of anilines is 1. The number of nitrogens with two attached hydrogens (primary N) is 1. The molecule has 1 aliphatic carbocycles. The second kappa shape index (κ2) is 3.81. The maximum atomic E-state index is 9.14. The Hall–Kier alpha value is -2.41. The Bertz CT molecular complexity index is 604. The Kier molecular flexibility index (Phi) is 2.27. The van der Waals surface area contributed by atoms with Gasteiger partial charge in [-0.25, -0.2) is 9.97 Å². The van der Waals surface area contributed by atoms with E-state index in [9.17, 15) is 0 Å². The van der Waals surface area contributed by atoms with Crippen LogP contribution in [0.3, 0.4) is 0 Å². The number of rotatable bonds is 2. The van der Waals surface area contributed by atoms with E-state index in [4.69, 9.17) is 11.0 Å². The maximum absolute atomic E-state index is 9.14. The zero-order valence-corrected chi connectivity index (χ0v) is 9.80. The van der Waals surface area contributed by atoms with Crippen molar-refractivity contribution in [2.75, 3.05) is 5.73 Å². The lowest BCUT2D eigenvalue weighted by Crippen LogP contribution is -2.01. The van der Waals surface area contributed by atoms with Gasteiger partial charge in [0.2, 0.25) is 5.95 Å². The van der Waals surface area contributed by atoms with Gasteiger partial charge >= 0.3 is 0 Å². The van der Waals surface area contributed by atoms with Crippen LogP contribution in [0, 0.1) is 11.3 Å². The summed E-state index contributed by atoms with van der Waals surface area (Å²) in [4.78, 5) is 7.94. The predicted octanol–water partition coefficient (Wildman–Crippen LogP) is 2.28. The largest absolute Gasteiger partial charge is 0.368 e. The van der Waals surface area contributed by atoms with Crippen molar-refractivity contribution in [2.24, 2.45) is 0 Å². The molecule has 2 N–H and O–H groups in total. The molecular formula is C14H12N4. The van der Waals surface area contributed by atoms with Gasteiger partial charge < -0.3 is 5.73 Å². The fourth-order valence-electron chi connectivity index (χ4n) is 2.06. The van der Waals surface area contributed by atoms with Gasteiger partial charge in [-0.2, -0.15) is 5.26 Å². The van der Waals surface area contributed by atoms with Gasteiger partial charge in [-0.15, -0.1) is 0 Å². The van der Waals surface area contributed by atoms with Crippen molar-refractivity contribution in [1.82, 2.24) is 9.97 Å². The highest BCUT2D eigenvalue weighted by Gasteiger charge is 2.44. The maximum Gasteiger partial charge on any atom is 0.219 e. The smallest absolute Gasteiger partial charge is 0.219 e. The van der Waals surface area contributed by atoms with Crippen LogP contribution in [0.15, 0.2) is 36.7 Å². The van der Waals surface area contributed by atoms with Gasteiger partial charge in [-0.3, -0.25) is 0 Å². The zero-order valence-electron chi connectivity index (χ0n) is 9.80. The summed E-state index contributed by atoms with van der Waals surface area (Å²) in [5, 5.41) is 9.14. The number of nitrogens with zero attached hydrogens (tertiary/aromatic N) is 3. The van der Waals surface area contributed by atoms with E-state index in [1.165, 1.54) is 0 Å². The van der Waals surface area contributed by atoms with Crippen LogP contribution in [-0.4, -0.2) is 9.97 Å². The predicted molar refractivity (Wildman–Crippen MR) is 68.4 cm³/mol. The van der Waals surface area contributed by atoms with Crippen LogP contribution in [0.5, 0.6) is 0 Å². The molecule has 0 atom stereocenters. The third-order valence-electron chi connectivity index (χ3n) is 3.41. The van der Waals surface area contributed by atoms with Crippen LogP contribution in [-0.2, 0) is 5.41 Å². The van der Waals surface area contributed by atoms with E-state index in [1.54, 1.807) is 12.4 Å². The molecule has 0 amide bonds. The van der Waals surface area contributed by atoms with Gasteiger partial charge in [-0.1, -0.05) is 24.3 Å². The number of benzene rings is 1. The Labute approximate surface area is 105 Å². The first-order valence-corrected chi connectivity index (χ1v) is 5.83. The number of hydrogen-bond donors (Lipinski definition) is 1. The van der Waals surface area contributed by atoms with Crippen LogP contribution in [0.2, 0.25) is 0 Å². The van der Waals surface area contributed by atoms with Gasteiger partial charge in [0.15, 0.2) is 0 Å². The molecule has 88 valence electrons. The summed E-state index contributed by atoms with van der Waals surface area (Å²) >= 11 is 0. The number of nitriles is 1. The van der Waals surface area contributed by atoms with Gasteiger partial charge in [0.1, 0.15) is 0 Å². The van der Waals surface area contributed by atoms with E-state index in [0.29, 0.717) is 0 Å². The first-order chi connectivity index (χ1) is 8.73. The fourth-order valence-corrected chi connectivity index (χ4v) is 2.06. The molecule has 0 saturated heterocycles. The van der Waals surface area contributed by atoms with Crippen molar-refractivity contribution >= 4 is 5.95 Å². The Morgan fingerprint density at radius 1 is 1.06 bits per heavy atom. The van der Waals surface area contributed by atoms with Crippen LogP contribution in [0.1, 0.15) is 18.4 Å². The van der Waals surface area contributed by atoms with Crippen molar-refractivity contribution in [3.05, 3.63) is 42.2 Å². The van der Waals surface area contributed by atoms with Crippen LogP contribution in [0.4, 0.5) is 5.95 Å². The SMILES string of the molecule is N#CC1(c2ccc(-c3cnc(N)nc3)cc2)CC1. The van der Waals surface area contributed by atoms with E-state index in [0.717, 1.165) is 29.5 Å². The summed E-state index contributed by atoms with van der Waals surface area (Å²) in [5.74, 6) is 0.275. The second-order valence-corrected chi connectivity index (χ2v) is 4.60. The molecule has 0 bridgehead atoms. The topological polar surface area (TPSA) is 75.6 Å². The van der Waals surface area contributed by atoms with E-state index in [-0.39, 0.29) is 11.4 Å². The monoisotopic (exact) mass is 236 g/mol. The van der Waals surface area contributed by atoms with Crippen molar-refractivity contribution in [1.29, 1.82) is 5.26 Å². The zero-order chi connectivity index (χ0) is 12.6. The highest BCUT2D eigenvalue weighted by atomic mass is 15.0. The quantitative estimate of drug-likeness (QED) is 0.867. The molecule has 4 heteroatoms. The molecule has 0 radical (unpaired) electrons. The van der Waals surface area contributed by atoms with Crippen molar-refractivity contribution in [3.8, 4) is 17.2 Å². The Morgan fingerprint density at radius 3 is 2.17 bits per heavy atom. The summed E-state index contributed by atoms with van der Waals surface area (Å²) in [7, 11) is 0. The molecule has 1 aromatic heterocycles. The third-order valence-corrected chi connectivity index (χ3v) is 3.41. The molecule has 2 aromatic rings. The summed E-state index contributed by atoms with van der Waals surface area (Å²) in [5.41, 5.74) is 8.29. The lowest BCUT2D eigenvalue weighted by molar-refractivity contribution is 0.909. The summed E-state index contributed by atoms with van der Waals surface area (Å²) < 4.78 is 0. The molecule has 1 aromatic carbocycles. The average molecular weight is 236 g/mol. The lowest BCUT2D eigenvalue weighted by Gasteiger charge is -2.07. The highest BCUT2D eigenvalue weighted by molar-refractivity contribution is 5.63. The summed E-state index contributed by atoms with van der Waals surface area (Å²) in [6.45, 7) is 0. The van der Waals surface area contributed by atoms with E-state index in [2.05, 4.69) is 16.0 Å². The van der Waals surface area contributed by atoms with Crippen LogP contribution >= 0.6 is 0 Å². The van der Waals surface area contributed by atoms with Crippen molar-refractivity contribution < 1.29 is 0 Å². The molecule has 18 heavy (non-hydrogen) atoms. The van der Waals surface area contributed by atoms with Crippen LogP contribution < -0.4 is 5.73 Å². The first-order valence-electron chi connectivity index (χ1n) is 5.83. The van der Waals surface area contributed by atoms with Gasteiger partial charge in [-0.05, 0) is 24.0 Å². The summed E-state index contributed by atoms with van der Waals surface area (Å²) in [6.07, 6.45) is 5.34. The fraction of sp³-hybridized carbons (Fsp3) is 0.214. The van der Waals surface area contributed by atoms with E-state index < -0.39 is 0 Å². The standard InChI is InChI=1S/C14H12N4/c15-9-14(5-6-14)12-3-1-10(2-4-12)11-7-17-13(16)18-8-11/h1-4,7-8H,5-6H2,(H2,16,17,18). The number of aromatic nitrogens is 2. The van der Waals surface area contributed by atoms with Gasteiger partial charge in [0, 0.05) is 18.0 Å². The molecular weight excluding hydrogens is 224 g/mol. The average Bonchev–Trinajstić information content (AvgIpc) is 3.21. The van der Waals surface area contributed by atoms with Gasteiger partial charge in [0.25, 0.3) is 0 Å². The van der Waals surface area contributed by atoms with E-state index in [1.807, 2.05) is 24.3 Å². The van der Waals surface area contributed by atoms with Crippen molar-refractivity contribution in [3.63, 3.8) is 0 Å². The Morgan fingerprint density at radius 2 is 1.67 bits per heavy atom. The minimum Gasteiger partial charge on any atom is -0.368 e. The normalized spacial score (nSPS) is 15.9. The third kappa shape index (κ3) is 1.70. The molecule has 1 aliphatic rings. The minimum atomic E-state index is -0.226. The molecule has 3 rings (SSSR count). The molecule has 1 fully saturated rings. The minimum absolute atomic E-state index is 0.226. The van der Waals surface area contributed by atoms with Crippen LogP contribution in [0.25, 0.3) is 11.1 Å². The summed E-state index contributed by atoms with van der Waals surface area (Å²) in [6, 6.07) is 10.4. The highest BCUT2D eigenvalue weighted by Crippen LogP contribution is 2.47. The lowest BCUT2D eigenvalue weighted by atomic mass is 9.96. The molecule has 0 unspecified atom stereocenters. The Balaban J connectivity index is 1.92. The number of hydrogen-bond acceptors (Lipinski definition) is 4. The van der Waals surface area contributed by atoms with E-state index >= 15 is 0 Å². The second-order valence-electron chi connectivity index (χ2n) is 4.60.